The molecule has 1 saturated heterocycles. The van der Waals surface area contributed by atoms with Gasteiger partial charge in [0.05, 0.1) is 0 Å². The van der Waals surface area contributed by atoms with Crippen molar-refractivity contribution in [1.82, 2.24) is 14.7 Å². The van der Waals surface area contributed by atoms with Crippen molar-refractivity contribution in [1.29, 1.82) is 0 Å². The Bertz CT molecular complexity index is 207. The Kier molecular flexibility index (Phi) is 11.6. The third-order valence-electron chi connectivity index (χ3n) is 3.95. The Hall–Kier alpha value is 1.23. The molecule has 0 aromatic heterocycles. The minimum absolute atomic E-state index is 0. The molecule has 0 spiro atoms. The molecule has 0 aromatic carbocycles. The van der Waals surface area contributed by atoms with Gasteiger partial charge in [-0.25, -0.2) is 0 Å². The number of hydrogen-bond donors (Lipinski definition) is 0. The predicted octanol–water partition coefficient (Wildman–Crippen LogP) is -1.73. The van der Waals surface area contributed by atoms with Gasteiger partial charge in [0.15, 0.2) is 0 Å². The van der Waals surface area contributed by atoms with Gasteiger partial charge in [-0.3, -0.25) is 9.80 Å². The minimum Gasteiger partial charge on any atom is -0.791 e. The first-order valence-corrected chi connectivity index (χ1v) is 7.91. The molecule has 0 bridgehead atoms. The first-order chi connectivity index (χ1) is 8.54. The maximum atomic E-state index is 5.14. The Morgan fingerprint density at radius 3 is 1.47 bits per heavy atom. The molecule has 1 aliphatic rings. The summed E-state index contributed by atoms with van der Waals surface area (Å²) >= 11 is 5.14. The summed E-state index contributed by atoms with van der Waals surface area (Å²) in [6.45, 7) is 17.3. The molecule has 0 amide bonds. The van der Waals surface area contributed by atoms with Gasteiger partial charge in [0.25, 0.3) is 0 Å². The Morgan fingerprint density at radius 1 is 0.789 bits per heavy atom. The van der Waals surface area contributed by atoms with Crippen LogP contribution < -0.4 is 29.6 Å². The van der Waals surface area contributed by atoms with E-state index in [0.29, 0.717) is 12.1 Å². The van der Waals surface area contributed by atoms with Crippen molar-refractivity contribution in [2.75, 3.05) is 51.6 Å². The maximum absolute atomic E-state index is 5.14. The van der Waals surface area contributed by atoms with Crippen LogP contribution in [-0.4, -0.2) is 78.3 Å². The smallest absolute Gasteiger partial charge is 0.791 e. The normalized spacial score (nSPS) is 21.0. The van der Waals surface area contributed by atoms with Gasteiger partial charge >= 0.3 is 29.6 Å². The van der Waals surface area contributed by atoms with Gasteiger partial charge in [-0.1, -0.05) is 0 Å². The molecule has 0 aliphatic carbocycles. The van der Waals surface area contributed by atoms with Crippen LogP contribution in [0.3, 0.4) is 0 Å². The van der Waals surface area contributed by atoms with Gasteiger partial charge in [0.2, 0.25) is 0 Å². The number of rotatable bonds is 4. The van der Waals surface area contributed by atoms with E-state index in [9.17, 15) is 0 Å². The van der Waals surface area contributed by atoms with Crippen LogP contribution in [0, 0.1) is 0 Å². The van der Waals surface area contributed by atoms with Crippen LogP contribution in [0.5, 0.6) is 0 Å². The molecule has 0 radical (unpaired) electrons. The van der Waals surface area contributed by atoms with E-state index in [1.165, 1.54) is 39.3 Å². The van der Waals surface area contributed by atoms with E-state index >= 15 is 0 Å². The van der Waals surface area contributed by atoms with Crippen LogP contribution >= 0.6 is 0 Å². The summed E-state index contributed by atoms with van der Waals surface area (Å²) in [5.41, 5.74) is 0. The average molecular weight is 295 g/mol. The Morgan fingerprint density at radius 2 is 1.16 bits per heavy atom. The predicted molar refractivity (Wildman–Crippen MR) is 82.1 cm³/mol. The molecule has 0 N–H and O–H groups in total. The van der Waals surface area contributed by atoms with Crippen LogP contribution in [0.15, 0.2) is 0 Å². The summed E-state index contributed by atoms with van der Waals surface area (Å²) in [5, 5.41) is 0. The quantitative estimate of drug-likeness (QED) is 0.450. The van der Waals surface area contributed by atoms with Gasteiger partial charge in [0, 0.05) is 51.4 Å². The zero-order valence-corrected chi connectivity index (χ0v) is 16.4. The molecule has 1 aliphatic heterocycles. The fraction of sp³-hybridized carbons (Fsp3) is 1.00. The van der Waals surface area contributed by atoms with Crippen LogP contribution in [0.1, 0.15) is 27.7 Å². The molecule has 108 valence electrons. The van der Waals surface area contributed by atoms with Crippen molar-refractivity contribution >= 4 is 12.6 Å². The first kappa shape index (κ1) is 20.2. The molecule has 3 nitrogen and oxygen atoms in total. The summed E-state index contributed by atoms with van der Waals surface area (Å²) in [6.07, 6.45) is 0. The van der Waals surface area contributed by atoms with Crippen LogP contribution in [-0.2, 0) is 12.6 Å². The molecule has 1 rings (SSSR count). The fourth-order valence-corrected chi connectivity index (χ4v) is 2.78. The van der Waals surface area contributed by atoms with E-state index in [1.54, 1.807) is 0 Å². The summed E-state index contributed by atoms with van der Waals surface area (Å²) < 4.78 is 0. The molecule has 1 fully saturated rings. The van der Waals surface area contributed by atoms with Crippen LogP contribution in [0.2, 0.25) is 0 Å². The number of hydrogen-bond acceptors (Lipinski definition) is 4. The van der Waals surface area contributed by atoms with E-state index in [-0.39, 0.29) is 29.6 Å². The summed E-state index contributed by atoms with van der Waals surface area (Å²) in [5.74, 6) is 0.851. The maximum Gasteiger partial charge on any atom is 1.00 e. The van der Waals surface area contributed by atoms with Crippen molar-refractivity contribution in [3.63, 3.8) is 0 Å². The Balaban J connectivity index is 0.00000324. The van der Waals surface area contributed by atoms with Gasteiger partial charge in [0.1, 0.15) is 0 Å². The molecule has 0 unspecified atom stereocenters. The topological polar surface area (TPSA) is 9.72 Å². The number of nitrogens with zero attached hydrogens (tertiary/aromatic N) is 3. The van der Waals surface area contributed by atoms with Crippen molar-refractivity contribution in [3.05, 3.63) is 0 Å². The van der Waals surface area contributed by atoms with Crippen molar-refractivity contribution in [3.8, 4) is 0 Å². The van der Waals surface area contributed by atoms with E-state index in [2.05, 4.69) is 42.4 Å². The van der Waals surface area contributed by atoms with Crippen LogP contribution in [0.25, 0.3) is 0 Å². The molecule has 0 saturated carbocycles. The van der Waals surface area contributed by atoms with Gasteiger partial charge in [-0.05, 0) is 34.2 Å². The Labute approximate surface area is 147 Å². The monoisotopic (exact) mass is 295 g/mol. The molecule has 0 aromatic rings. The van der Waals surface area contributed by atoms with Gasteiger partial charge < -0.3 is 17.5 Å². The molecular weight excluding hydrogens is 265 g/mol. The van der Waals surface area contributed by atoms with Crippen molar-refractivity contribution < 1.29 is 29.6 Å². The molecule has 5 heteroatoms. The summed E-state index contributed by atoms with van der Waals surface area (Å²) in [7, 11) is 0. The average Bonchev–Trinajstić information content (AvgIpc) is 2.40. The standard InChI is InChI=1S/C14H31N3S.Na/c1-13(2)16-7-5-15(11-12-18)6-8-17(10-9-16)14(3)4;/h13-14,18H,5-12H2,1-4H3;/q;+1/p-1. The van der Waals surface area contributed by atoms with E-state index in [0.717, 1.165) is 12.3 Å². The van der Waals surface area contributed by atoms with E-state index in [1.807, 2.05) is 0 Å². The second-order valence-electron chi connectivity index (χ2n) is 5.81. The zero-order valence-electron chi connectivity index (χ0n) is 13.6. The molecular formula is C14H30N3NaS. The van der Waals surface area contributed by atoms with E-state index in [4.69, 9.17) is 12.6 Å². The first-order valence-electron chi connectivity index (χ1n) is 7.33. The second kappa shape index (κ2) is 10.9. The van der Waals surface area contributed by atoms with Gasteiger partial charge in [-0.2, -0.15) is 5.75 Å². The van der Waals surface area contributed by atoms with Gasteiger partial charge in [-0.15, -0.1) is 0 Å². The van der Waals surface area contributed by atoms with E-state index < -0.39 is 0 Å². The summed E-state index contributed by atoms with van der Waals surface area (Å²) in [4.78, 5) is 7.72. The third kappa shape index (κ3) is 7.70. The largest absolute Gasteiger partial charge is 1.00 e. The van der Waals surface area contributed by atoms with Crippen molar-refractivity contribution in [2.24, 2.45) is 0 Å². The SMILES string of the molecule is CC(C)N1CCN(CC[S-])CCN(C(C)C)CC1.[Na+]. The summed E-state index contributed by atoms with van der Waals surface area (Å²) in [6, 6.07) is 1.28. The minimum atomic E-state index is 0. The zero-order chi connectivity index (χ0) is 13.5. The van der Waals surface area contributed by atoms with Crippen LogP contribution in [0.4, 0.5) is 0 Å². The molecule has 0 atom stereocenters. The second-order valence-corrected chi connectivity index (χ2v) is 6.21. The molecule has 19 heavy (non-hydrogen) atoms. The fourth-order valence-electron chi connectivity index (χ4n) is 2.52. The molecule has 1 heterocycles. The van der Waals surface area contributed by atoms with Crippen molar-refractivity contribution in [2.45, 2.75) is 39.8 Å². The third-order valence-corrected chi connectivity index (χ3v) is 4.13.